The van der Waals surface area contributed by atoms with E-state index < -0.39 is 5.82 Å². The van der Waals surface area contributed by atoms with Crippen LogP contribution >= 0.6 is 0 Å². The second-order valence-corrected chi connectivity index (χ2v) is 6.03. The lowest BCUT2D eigenvalue weighted by Gasteiger charge is -2.32. The smallest absolute Gasteiger partial charge is 0.256 e. The summed E-state index contributed by atoms with van der Waals surface area (Å²) >= 11 is 0. The molecule has 5 heteroatoms. The number of hydrogen-bond donors (Lipinski definition) is 1. The van der Waals surface area contributed by atoms with Crippen LogP contribution in [-0.4, -0.2) is 47.9 Å². The molecular formula is C16H22FN3O. The summed E-state index contributed by atoms with van der Waals surface area (Å²) in [6, 6.07) is 4.72. The van der Waals surface area contributed by atoms with Crippen molar-refractivity contribution in [2.45, 2.75) is 31.7 Å². The van der Waals surface area contributed by atoms with Crippen molar-refractivity contribution in [1.29, 1.82) is 0 Å². The van der Waals surface area contributed by atoms with E-state index in [0.717, 1.165) is 19.5 Å². The highest BCUT2D eigenvalue weighted by Crippen LogP contribution is 2.22. The number of anilines is 1. The van der Waals surface area contributed by atoms with E-state index in [2.05, 4.69) is 4.90 Å². The number of nitrogen functional groups attached to an aromatic ring is 1. The van der Waals surface area contributed by atoms with Crippen LogP contribution in [-0.2, 0) is 0 Å². The second-order valence-electron chi connectivity index (χ2n) is 6.03. The summed E-state index contributed by atoms with van der Waals surface area (Å²) < 4.78 is 13.9. The highest BCUT2D eigenvalue weighted by Gasteiger charge is 2.32. The van der Waals surface area contributed by atoms with Crippen molar-refractivity contribution < 1.29 is 9.18 Å². The molecule has 2 heterocycles. The van der Waals surface area contributed by atoms with E-state index >= 15 is 0 Å². The number of nitrogens with zero attached hydrogens (tertiary/aromatic N) is 2. The van der Waals surface area contributed by atoms with E-state index in [0.29, 0.717) is 24.8 Å². The molecule has 2 N–H and O–H groups in total. The van der Waals surface area contributed by atoms with E-state index in [4.69, 9.17) is 5.73 Å². The van der Waals surface area contributed by atoms with Gasteiger partial charge < -0.3 is 10.6 Å². The van der Waals surface area contributed by atoms with Crippen molar-refractivity contribution in [1.82, 2.24) is 9.80 Å². The predicted octanol–water partition coefficient (Wildman–Crippen LogP) is 2.11. The molecule has 1 atom stereocenters. The molecule has 1 aromatic carbocycles. The van der Waals surface area contributed by atoms with Gasteiger partial charge in [-0.05, 0) is 50.6 Å². The van der Waals surface area contributed by atoms with Gasteiger partial charge in [0.25, 0.3) is 5.91 Å². The monoisotopic (exact) mass is 291 g/mol. The fourth-order valence-electron chi connectivity index (χ4n) is 3.38. The van der Waals surface area contributed by atoms with E-state index in [1.807, 2.05) is 0 Å². The van der Waals surface area contributed by atoms with Crippen LogP contribution in [0, 0.1) is 5.82 Å². The van der Waals surface area contributed by atoms with Crippen LogP contribution in [0.4, 0.5) is 10.1 Å². The number of carbonyl (C=O) groups excluding carboxylic acids is 1. The minimum absolute atomic E-state index is 0.128. The van der Waals surface area contributed by atoms with Gasteiger partial charge in [0.15, 0.2) is 0 Å². The number of halogens is 1. The van der Waals surface area contributed by atoms with Crippen molar-refractivity contribution >= 4 is 11.6 Å². The third-order valence-electron chi connectivity index (χ3n) is 4.58. The zero-order valence-electron chi connectivity index (χ0n) is 12.2. The standard InChI is InChI=1S/C16H22FN3O/c17-15-10-12(18)4-5-14(15)16(21)20-9-6-13(11-20)19-7-2-1-3-8-19/h4-5,10,13H,1-3,6-9,11,18H2. The first-order chi connectivity index (χ1) is 10.1. The van der Waals surface area contributed by atoms with E-state index in [-0.39, 0.29) is 11.5 Å². The molecule has 1 unspecified atom stereocenters. The van der Waals surface area contributed by atoms with Gasteiger partial charge >= 0.3 is 0 Å². The Morgan fingerprint density at radius 2 is 1.95 bits per heavy atom. The molecular weight excluding hydrogens is 269 g/mol. The van der Waals surface area contributed by atoms with Gasteiger partial charge in [-0.1, -0.05) is 6.42 Å². The molecule has 2 aliphatic heterocycles. The zero-order chi connectivity index (χ0) is 14.8. The molecule has 0 aromatic heterocycles. The molecule has 1 aromatic rings. The SMILES string of the molecule is Nc1ccc(C(=O)N2CCC(N3CCCCC3)C2)c(F)c1. The maximum Gasteiger partial charge on any atom is 0.256 e. The second kappa shape index (κ2) is 6.02. The molecule has 0 saturated carbocycles. The van der Waals surface area contributed by atoms with Crippen LogP contribution in [0.2, 0.25) is 0 Å². The minimum atomic E-state index is -0.526. The number of benzene rings is 1. The zero-order valence-corrected chi connectivity index (χ0v) is 12.2. The first kappa shape index (κ1) is 14.3. The van der Waals surface area contributed by atoms with Crippen LogP contribution in [0.3, 0.4) is 0 Å². The van der Waals surface area contributed by atoms with Gasteiger partial charge in [-0.25, -0.2) is 4.39 Å². The summed E-state index contributed by atoms with van der Waals surface area (Å²) in [5.41, 5.74) is 6.00. The fourth-order valence-corrected chi connectivity index (χ4v) is 3.38. The summed E-state index contributed by atoms with van der Waals surface area (Å²) in [6.07, 6.45) is 4.79. The van der Waals surface area contributed by atoms with Crippen LogP contribution in [0.5, 0.6) is 0 Å². The molecule has 0 spiro atoms. The van der Waals surface area contributed by atoms with Gasteiger partial charge in [0, 0.05) is 24.8 Å². The normalized spacial score (nSPS) is 23.5. The first-order valence-corrected chi connectivity index (χ1v) is 7.73. The third kappa shape index (κ3) is 3.02. The Morgan fingerprint density at radius 3 is 2.67 bits per heavy atom. The van der Waals surface area contributed by atoms with Crippen LogP contribution in [0.1, 0.15) is 36.0 Å². The number of nitrogens with two attached hydrogens (primary N) is 1. The van der Waals surface area contributed by atoms with Crippen molar-refractivity contribution in [3.05, 3.63) is 29.6 Å². The van der Waals surface area contributed by atoms with Gasteiger partial charge in [-0.3, -0.25) is 9.69 Å². The van der Waals surface area contributed by atoms with Crippen LogP contribution in [0.15, 0.2) is 18.2 Å². The van der Waals surface area contributed by atoms with Gasteiger partial charge in [-0.15, -0.1) is 0 Å². The first-order valence-electron chi connectivity index (χ1n) is 7.73. The molecule has 2 saturated heterocycles. The third-order valence-corrected chi connectivity index (χ3v) is 4.58. The van der Waals surface area contributed by atoms with E-state index in [1.165, 1.54) is 31.4 Å². The van der Waals surface area contributed by atoms with Gasteiger partial charge in [0.2, 0.25) is 0 Å². The van der Waals surface area contributed by atoms with E-state index in [9.17, 15) is 9.18 Å². The number of likely N-dealkylation sites (tertiary alicyclic amines) is 2. The van der Waals surface area contributed by atoms with Crippen LogP contribution in [0.25, 0.3) is 0 Å². The maximum atomic E-state index is 13.9. The summed E-state index contributed by atoms with van der Waals surface area (Å²) in [7, 11) is 0. The predicted molar refractivity (Wildman–Crippen MR) is 80.5 cm³/mol. The highest BCUT2D eigenvalue weighted by atomic mass is 19.1. The van der Waals surface area contributed by atoms with Gasteiger partial charge in [0.1, 0.15) is 5.82 Å². The Labute approximate surface area is 124 Å². The quantitative estimate of drug-likeness (QED) is 0.849. The van der Waals surface area contributed by atoms with Crippen molar-refractivity contribution in [2.24, 2.45) is 0 Å². The Hall–Kier alpha value is -1.62. The molecule has 0 radical (unpaired) electrons. The largest absolute Gasteiger partial charge is 0.399 e. The molecule has 2 fully saturated rings. The number of piperidine rings is 1. The topological polar surface area (TPSA) is 49.6 Å². The minimum Gasteiger partial charge on any atom is -0.399 e. The molecule has 4 nitrogen and oxygen atoms in total. The lowest BCUT2D eigenvalue weighted by atomic mass is 10.1. The fraction of sp³-hybridized carbons (Fsp3) is 0.562. The Bertz CT molecular complexity index is 528. The number of rotatable bonds is 2. The van der Waals surface area contributed by atoms with Crippen LogP contribution < -0.4 is 5.73 Å². The number of carbonyl (C=O) groups is 1. The summed E-state index contributed by atoms with van der Waals surface area (Å²) in [5, 5.41) is 0. The Morgan fingerprint density at radius 1 is 1.19 bits per heavy atom. The summed E-state index contributed by atoms with van der Waals surface area (Å²) in [5.74, 6) is -0.742. The van der Waals surface area contributed by atoms with E-state index in [1.54, 1.807) is 11.0 Å². The Kier molecular flexibility index (Phi) is 4.10. The van der Waals surface area contributed by atoms with Crippen molar-refractivity contribution in [3.63, 3.8) is 0 Å². The highest BCUT2D eigenvalue weighted by molar-refractivity contribution is 5.95. The average Bonchev–Trinajstić information content (AvgIpc) is 2.97. The molecule has 114 valence electrons. The van der Waals surface area contributed by atoms with Gasteiger partial charge in [-0.2, -0.15) is 0 Å². The molecule has 21 heavy (non-hydrogen) atoms. The molecule has 2 aliphatic rings. The summed E-state index contributed by atoms with van der Waals surface area (Å²) in [6.45, 7) is 3.68. The lowest BCUT2D eigenvalue weighted by Crippen LogP contribution is -2.41. The van der Waals surface area contributed by atoms with Crippen molar-refractivity contribution in [2.75, 3.05) is 31.9 Å². The Balaban J connectivity index is 1.66. The van der Waals surface area contributed by atoms with Gasteiger partial charge in [0.05, 0.1) is 5.56 Å². The van der Waals surface area contributed by atoms with Crippen molar-refractivity contribution in [3.8, 4) is 0 Å². The molecule has 3 rings (SSSR count). The number of hydrogen-bond acceptors (Lipinski definition) is 3. The molecule has 0 bridgehead atoms. The lowest BCUT2D eigenvalue weighted by molar-refractivity contribution is 0.0767. The average molecular weight is 291 g/mol. The molecule has 0 aliphatic carbocycles. The maximum absolute atomic E-state index is 13.9. The molecule has 1 amide bonds. The summed E-state index contributed by atoms with van der Waals surface area (Å²) in [4.78, 5) is 16.7. The number of amides is 1.